The predicted octanol–water partition coefficient (Wildman–Crippen LogP) is 2.05. The number of piperazine rings is 1. The number of carboxylic acids is 1. The zero-order chi connectivity index (χ0) is 14.5. The van der Waals surface area contributed by atoms with Gasteiger partial charge in [-0.1, -0.05) is 6.92 Å². The van der Waals surface area contributed by atoms with Gasteiger partial charge in [-0.05, 0) is 36.7 Å². The summed E-state index contributed by atoms with van der Waals surface area (Å²) in [5, 5.41) is 9.15. The molecular weight excluding hydrogens is 259 g/mol. The SMILES string of the molecule is CCCN1CCN(Cc2cc(F)ccc2C(=O)O)CC1. The summed E-state index contributed by atoms with van der Waals surface area (Å²) in [5.41, 5.74) is 0.754. The quantitative estimate of drug-likeness (QED) is 0.896. The van der Waals surface area contributed by atoms with Crippen LogP contribution < -0.4 is 0 Å². The molecule has 1 aliphatic rings. The largest absolute Gasteiger partial charge is 0.478 e. The molecule has 0 amide bonds. The van der Waals surface area contributed by atoms with E-state index in [-0.39, 0.29) is 11.4 Å². The van der Waals surface area contributed by atoms with Crippen LogP contribution in [0.4, 0.5) is 4.39 Å². The van der Waals surface area contributed by atoms with Crippen molar-refractivity contribution in [2.24, 2.45) is 0 Å². The first-order valence-electron chi connectivity index (χ1n) is 7.06. The lowest BCUT2D eigenvalue weighted by Gasteiger charge is -2.34. The number of aromatic carboxylic acids is 1. The maximum Gasteiger partial charge on any atom is 0.336 e. The van der Waals surface area contributed by atoms with Crippen LogP contribution in [-0.2, 0) is 6.54 Å². The van der Waals surface area contributed by atoms with Crippen molar-refractivity contribution in [1.29, 1.82) is 0 Å². The van der Waals surface area contributed by atoms with Crippen molar-refractivity contribution in [3.05, 3.63) is 35.1 Å². The summed E-state index contributed by atoms with van der Waals surface area (Å²) in [5.74, 6) is -1.38. The Morgan fingerprint density at radius 1 is 1.25 bits per heavy atom. The van der Waals surface area contributed by atoms with Gasteiger partial charge in [-0.25, -0.2) is 9.18 Å². The number of nitrogens with zero attached hydrogens (tertiary/aromatic N) is 2. The van der Waals surface area contributed by atoms with E-state index in [0.717, 1.165) is 39.1 Å². The number of benzene rings is 1. The molecule has 110 valence electrons. The van der Waals surface area contributed by atoms with Crippen LogP contribution in [0.3, 0.4) is 0 Å². The van der Waals surface area contributed by atoms with Gasteiger partial charge in [0.2, 0.25) is 0 Å². The van der Waals surface area contributed by atoms with E-state index in [9.17, 15) is 9.18 Å². The molecule has 5 heteroatoms. The molecule has 1 saturated heterocycles. The van der Waals surface area contributed by atoms with Crippen LogP contribution in [0.25, 0.3) is 0 Å². The van der Waals surface area contributed by atoms with Crippen molar-refractivity contribution in [3.63, 3.8) is 0 Å². The molecule has 0 saturated carbocycles. The molecule has 2 rings (SSSR count). The first-order chi connectivity index (χ1) is 9.60. The summed E-state index contributed by atoms with van der Waals surface area (Å²) in [6, 6.07) is 3.88. The van der Waals surface area contributed by atoms with Crippen molar-refractivity contribution in [1.82, 2.24) is 9.80 Å². The second-order valence-electron chi connectivity index (χ2n) is 5.22. The van der Waals surface area contributed by atoms with Gasteiger partial charge in [-0.2, -0.15) is 0 Å². The Kier molecular flexibility index (Phi) is 5.09. The van der Waals surface area contributed by atoms with E-state index >= 15 is 0 Å². The standard InChI is InChI=1S/C15H21FN2O2/c1-2-5-17-6-8-18(9-7-17)11-12-10-13(16)3-4-14(12)15(19)20/h3-4,10H,2,5-9,11H2,1H3,(H,19,20). The molecule has 4 nitrogen and oxygen atoms in total. The average Bonchev–Trinajstić information content (AvgIpc) is 2.41. The Morgan fingerprint density at radius 3 is 2.50 bits per heavy atom. The number of halogens is 1. The maximum absolute atomic E-state index is 13.3. The zero-order valence-electron chi connectivity index (χ0n) is 11.8. The van der Waals surface area contributed by atoms with Crippen molar-refractivity contribution in [2.75, 3.05) is 32.7 Å². The number of carboxylic acid groups (broad SMARTS) is 1. The highest BCUT2D eigenvalue weighted by molar-refractivity contribution is 5.89. The van der Waals surface area contributed by atoms with Crippen LogP contribution in [0.2, 0.25) is 0 Å². The molecule has 0 radical (unpaired) electrons. The molecule has 0 aliphatic carbocycles. The Bertz CT molecular complexity index is 471. The molecule has 1 aliphatic heterocycles. The molecule has 1 fully saturated rings. The van der Waals surface area contributed by atoms with Gasteiger partial charge in [0.1, 0.15) is 5.82 Å². The third-order valence-corrected chi connectivity index (χ3v) is 3.70. The first kappa shape index (κ1) is 14.9. The van der Waals surface area contributed by atoms with Crippen LogP contribution in [0.1, 0.15) is 29.3 Å². The van der Waals surface area contributed by atoms with Crippen LogP contribution in [0.5, 0.6) is 0 Å². The van der Waals surface area contributed by atoms with Crippen molar-refractivity contribution < 1.29 is 14.3 Å². The van der Waals surface area contributed by atoms with Crippen molar-refractivity contribution in [3.8, 4) is 0 Å². The number of hydrogen-bond donors (Lipinski definition) is 1. The van der Waals surface area contributed by atoms with Gasteiger partial charge >= 0.3 is 5.97 Å². The fourth-order valence-corrected chi connectivity index (χ4v) is 2.63. The molecule has 0 spiro atoms. The Morgan fingerprint density at radius 2 is 1.90 bits per heavy atom. The van der Waals surface area contributed by atoms with Gasteiger partial charge in [-0.3, -0.25) is 4.90 Å². The smallest absolute Gasteiger partial charge is 0.336 e. The van der Waals surface area contributed by atoms with Crippen molar-refractivity contribution >= 4 is 5.97 Å². The fraction of sp³-hybridized carbons (Fsp3) is 0.533. The minimum atomic E-state index is -0.996. The lowest BCUT2D eigenvalue weighted by atomic mass is 10.1. The normalized spacial score (nSPS) is 17.3. The van der Waals surface area contributed by atoms with Gasteiger partial charge in [0, 0.05) is 32.7 Å². The third-order valence-electron chi connectivity index (χ3n) is 3.70. The van der Waals surface area contributed by atoms with E-state index in [2.05, 4.69) is 16.7 Å². The summed E-state index contributed by atoms with van der Waals surface area (Å²) in [6.07, 6.45) is 1.15. The Balaban J connectivity index is 2.00. The second-order valence-corrected chi connectivity index (χ2v) is 5.22. The molecule has 0 bridgehead atoms. The van der Waals surface area contributed by atoms with Gasteiger partial charge < -0.3 is 10.0 Å². The van der Waals surface area contributed by atoms with E-state index in [1.807, 2.05) is 0 Å². The van der Waals surface area contributed by atoms with Gasteiger partial charge in [0.05, 0.1) is 5.56 Å². The monoisotopic (exact) mass is 280 g/mol. The van der Waals surface area contributed by atoms with E-state index in [1.165, 1.54) is 18.2 Å². The van der Waals surface area contributed by atoms with E-state index in [4.69, 9.17) is 5.11 Å². The molecule has 20 heavy (non-hydrogen) atoms. The highest BCUT2D eigenvalue weighted by Gasteiger charge is 2.19. The molecule has 0 unspecified atom stereocenters. The third kappa shape index (κ3) is 3.77. The molecule has 1 heterocycles. The molecular formula is C15H21FN2O2. The molecule has 1 N–H and O–H groups in total. The molecule has 0 aromatic heterocycles. The average molecular weight is 280 g/mol. The second kappa shape index (κ2) is 6.81. The summed E-state index contributed by atoms with van der Waals surface area (Å²) >= 11 is 0. The molecule has 1 aromatic rings. The minimum Gasteiger partial charge on any atom is -0.478 e. The topological polar surface area (TPSA) is 43.8 Å². The summed E-state index contributed by atoms with van der Waals surface area (Å²) in [6.45, 7) is 7.55. The van der Waals surface area contributed by atoms with E-state index < -0.39 is 5.97 Å². The fourth-order valence-electron chi connectivity index (χ4n) is 2.63. The van der Waals surface area contributed by atoms with Gasteiger partial charge in [0.15, 0.2) is 0 Å². The van der Waals surface area contributed by atoms with Gasteiger partial charge in [-0.15, -0.1) is 0 Å². The Hall–Kier alpha value is -1.46. The highest BCUT2D eigenvalue weighted by Crippen LogP contribution is 2.15. The lowest BCUT2D eigenvalue weighted by molar-refractivity contribution is 0.0692. The Labute approximate surface area is 118 Å². The first-order valence-corrected chi connectivity index (χ1v) is 7.06. The maximum atomic E-state index is 13.3. The number of rotatable bonds is 5. The lowest BCUT2D eigenvalue weighted by Crippen LogP contribution is -2.46. The van der Waals surface area contributed by atoms with Crippen molar-refractivity contribution in [2.45, 2.75) is 19.9 Å². The van der Waals surface area contributed by atoms with E-state index in [1.54, 1.807) is 0 Å². The zero-order valence-corrected chi connectivity index (χ0v) is 11.8. The van der Waals surface area contributed by atoms with Gasteiger partial charge in [0.25, 0.3) is 0 Å². The molecule has 1 aromatic carbocycles. The predicted molar refractivity (Wildman–Crippen MR) is 75.4 cm³/mol. The molecule has 0 atom stereocenters. The van der Waals surface area contributed by atoms with Crippen LogP contribution >= 0.6 is 0 Å². The highest BCUT2D eigenvalue weighted by atomic mass is 19.1. The summed E-state index contributed by atoms with van der Waals surface area (Å²) < 4.78 is 13.3. The van der Waals surface area contributed by atoms with Crippen LogP contribution in [0, 0.1) is 5.82 Å². The summed E-state index contributed by atoms with van der Waals surface area (Å²) in [7, 11) is 0. The van der Waals surface area contributed by atoms with Crippen LogP contribution in [-0.4, -0.2) is 53.6 Å². The summed E-state index contributed by atoms with van der Waals surface area (Å²) in [4.78, 5) is 15.8. The number of hydrogen-bond acceptors (Lipinski definition) is 3. The van der Waals surface area contributed by atoms with Crippen LogP contribution in [0.15, 0.2) is 18.2 Å². The number of carbonyl (C=O) groups is 1. The minimum absolute atomic E-state index is 0.197. The van der Waals surface area contributed by atoms with E-state index in [0.29, 0.717) is 12.1 Å².